The van der Waals surface area contributed by atoms with Crippen molar-refractivity contribution in [1.29, 1.82) is 0 Å². The first-order valence-electron chi connectivity index (χ1n) is 7.10. The molecule has 1 aliphatic heterocycles. The molecule has 0 bridgehead atoms. The monoisotopic (exact) mass is 313 g/mol. The van der Waals surface area contributed by atoms with Crippen LogP contribution in [0.15, 0.2) is 18.2 Å². The van der Waals surface area contributed by atoms with E-state index in [2.05, 4.69) is 10.2 Å². The maximum absolute atomic E-state index is 10.8. The van der Waals surface area contributed by atoms with Gasteiger partial charge in [0.2, 0.25) is 0 Å². The average Bonchev–Trinajstić information content (AvgIpc) is 2.49. The number of rotatable bonds is 7. The van der Waals surface area contributed by atoms with Crippen LogP contribution in [0.2, 0.25) is 5.02 Å². The molecule has 1 saturated heterocycles. The van der Waals surface area contributed by atoms with Crippen LogP contribution in [0.1, 0.15) is 12.0 Å². The first kappa shape index (κ1) is 16.2. The molecule has 1 fully saturated rings. The summed E-state index contributed by atoms with van der Waals surface area (Å²) < 4.78 is 5.30. The van der Waals surface area contributed by atoms with E-state index in [-0.39, 0.29) is 10.7 Å². The van der Waals surface area contributed by atoms with E-state index in [0.29, 0.717) is 6.54 Å². The molecule has 1 aliphatic rings. The minimum atomic E-state index is -0.454. The zero-order valence-electron chi connectivity index (χ0n) is 11.9. The summed E-state index contributed by atoms with van der Waals surface area (Å²) in [6.45, 7) is 6.20. The fraction of sp³-hybridized carbons (Fsp3) is 0.571. The molecular weight excluding hydrogens is 294 g/mol. The molecule has 116 valence electrons. The number of hydrogen-bond acceptors (Lipinski definition) is 5. The van der Waals surface area contributed by atoms with Gasteiger partial charge in [-0.1, -0.05) is 17.7 Å². The fourth-order valence-corrected chi connectivity index (χ4v) is 2.48. The van der Waals surface area contributed by atoms with E-state index < -0.39 is 4.92 Å². The molecule has 7 heteroatoms. The van der Waals surface area contributed by atoms with Crippen molar-refractivity contribution in [2.45, 2.75) is 13.0 Å². The summed E-state index contributed by atoms with van der Waals surface area (Å²) in [5, 5.41) is 14.3. The van der Waals surface area contributed by atoms with Gasteiger partial charge in [-0.25, -0.2) is 0 Å². The zero-order valence-corrected chi connectivity index (χ0v) is 12.6. The van der Waals surface area contributed by atoms with E-state index in [1.54, 1.807) is 6.07 Å². The van der Waals surface area contributed by atoms with Gasteiger partial charge in [-0.15, -0.1) is 0 Å². The quantitative estimate of drug-likeness (QED) is 0.474. The molecule has 2 rings (SSSR count). The molecule has 1 heterocycles. The lowest BCUT2D eigenvalue weighted by Gasteiger charge is -2.26. The summed E-state index contributed by atoms with van der Waals surface area (Å²) >= 11 is 5.78. The van der Waals surface area contributed by atoms with Gasteiger partial charge in [-0.2, -0.15) is 0 Å². The van der Waals surface area contributed by atoms with Crippen molar-refractivity contribution in [3.8, 4) is 0 Å². The SMILES string of the molecule is O=[N+]([O-])c1cc(CNCCCN2CCOCC2)ccc1Cl. The zero-order chi connectivity index (χ0) is 15.1. The van der Waals surface area contributed by atoms with E-state index in [1.165, 1.54) is 6.07 Å². The number of nitrogens with one attached hydrogen (secondary N) is 1. The highest BCUT2D eigenvalue weighted by atomic mass is 35.5. The first-order chi connectivity index (χ1) is 10.2. The molecule has 0 aliphatic carbocycles. The van der Waals surface area contributed by atoms with Gasteiger partial charge in [0, 0.05) is 25.7 Å². The summed E-state index contributed by atoms with van der Waals surface area (Å²) in [4.78, 5) is 12.7. The molecule has 1 aromatic rings. The number of halogens is 1. The average molecular weight is 314 g/mol. The molecule has 0 amide bonds. The summed E-state index contributed by atoms with van der Waals surface area (Å²) in [5.41, 5.74) is 0.835. The lowest BCUT2D eigenvalue weighted by Crippen LogP contribution is -2.37. The van der Waals surface area contributed by atoms with Crippen LogP contribution in [-0.2, 0) is 11.3 Å². The smallest absolute Gasteiger partial charge is 0.288 e. The Labute approximate surface area is 129 Å². The number of morpholine rings is 1. The van der Waals surface area contributed by atoms with Crippen molar-refractivity contribution in [1.82, 2.24) is 10.2 Å². The lowest BCUT2D eigenvalue weighted by molar-refractivity contribution is -0.384. The van der Waals surface area contributed by atoms with Crippen LogP contribution in [0.5, 0.6) is 0 Å². The van der Waals surface area contributed by atoms with E-state index >= 15 is 0 Å². The number of nitrogens with zero attached hydrogens (tertiary/aromatic N) is 2. The third-order valence-corrected chi connectivity index (χ3v) is 3.79. The van der Waals surface area contributed by atoms with E-state index in [9.17, 15) is 10.1 Å². The van der Waals surface area contributed by atoms with Gasteiger partial charge in [0.25, 0.3) is 5.69 Å². The van der Waals surface area contributed by atoms with Crippen LogP contribution in [-0.4, -0.2) is 49.2 Å². The number of ether oxygens (including phenoxy) is 1. The molecule has 0 saturated carbocycles. The highest BCUT2D eigenvalue weighted by Crippen LogP contribution is 2.24. The molecule has 0 unspecified atom stereocenters. The van der Waals surface area contributed by atoms with Crippen LogP contribution < -0.4 is 5.32 Å². The van der Waals surface area contributed by atoms with Crippen molar-refractivity contribution in [3.05, 3.63) is 38.9 Å². The molecule has 0 atom stereocenters. The van der Waals surface area contributed by atoms with Gasteiger partial charge in [0.15, 0.2) is 0 Å². The number of nitro groups is 1. The summed E-state index contributed by atoms with van der Waals surface area (Å²) in [6.07, 6.45) is 1.05. The van der Waals surface area contributed by atoms with Gasteiger partial charge in [0.05, 0.1) is 18.1 Å². The van der Waals surface area contributed by atoms with Crippen LogP contribution >= 0.6 is 11.6 Å². The van der Waals surface area contributed by atoms with Gasteiger partial charge in [0.1, 0.15) is 5.02 Å². The first-order valence-corrected chi connectivity index (χ1v) is 7.48. The molecular formula is C14H20ClN3O3. The Morgan fingerprint density at radius 3 is 2.86 bits per heavy atom. The normalized spacial score (nSPS) is 16.0. The van der Waals surface area contributed by atoms with Gasteiger partial charge < -0.3 is 10.1 Å². The van der Waals surface area contributed by atoms with Crippen molar-refractivity contribution in [2.24, 2.45) is 0 Å². The Morgan fingerprint density at radius 2 is 2.14 bits per heavy atom. The minimum absolute atomic E-state index is 0.0377. The predicted molar refractivity (Wildman–Crippen MR) is 81.7 cm³/mol. The Hall–Kier alpha value is -1.21. The summed E-state index contributed by atoms with van der Waals surface area (Å²) in [7, 11) is 0. The van der Waals surface area contributed by atoms with Crippen LogP contribution in [0, 0.1) is 10.1 Å². The number of nitro benzene ring substituents is 1. The second-order valence-corrected chi connectivity index (χ2v) is 5.43. The van der Waals surface area contributed by atoms with Crippen molar-refractivity contribution in [3.63, 3.8) is 0 Å². The van der Waals surface area contributed by atoms with Crippen LogP contribution in [0.25, 0.3) is 0 Å². The van der Waals surface area contributed by atoms with E-state index in [0.717, 1.165) is 51.4 Å². The maximum Gasteiger partial charge on any atom is 0.288 e. The highest BCUT2D eigenvalue weighted by Gasteiger charge is 2.12. The highest BCUT2D eigenvalue weighted by molar-refractivity contribution is 6.32. The van der Waals surface area contributed by atoms with E-state index in [4.69, 9.17) is 16.3 Å². The molecule has 21 heavy (non-hydrogen) atoms. The third kappa shape index (κ3) is 5.24. The largest absolute Gasteiger partial charge is 0.379 e. The number of benzene rings is 1. The van der Waals surface area contributed by atoms with Gasteiger partial charge >= 0.3 is 0 Å². The molecule has 0 aromatic heterocycles. The molecule has 6 nitrogen and oxygen atoms in total. The second kappa shape index (κ2) is 8.29. The summed E-state index contributed by atoms with van der Waals surface area (Å²) in [5.74, 6) is 0. The Kier molecular flexibility index (Phi) is 6.38. The summed E-state index contributed by atoms with van der Waals surface area (Å²) in [6, 6.07) is 4.91. The van der Waals surface area contributed by atoms with Crippen molar-refractivity contribution < 1.29 is 9.66 Å². The van der Waals surface area contributed by atoms with Gasteiger partial charge in [-0.3, -0.25) is 15.0 Å². The number of hydrogen-bond donors (Lipinski definition) is 1. The van der Waals surface area contributed by atoms with Crippen molar-refractivity contribution in [2.75, 3.05) is 39.4 Å². The molecule has 0 radical (unpaired) electrons. The van der Waals surface area contributed by atoms with Crippen molar-refractivity contribution >= 4 is 17.3 Å². The molecule has 1 N–H and O–H groups in total. The van der Waals surface area contributed by atoms with Crippen LogP contribution in [0.3, 0.4) is 0 Å². The Bertz CT molecular complexity index is 479. The molecule has 1 aromatic carbocycles. The molecule has 0 spiro atoms. The van der Waals surface area contributed by atoms with Crippen LogP contribution in [0.4, 0.5) is 5.69 Å². The van der Waals surface area contributed by atoms with Gasteiger partial charge in [-0.05, 0) is 31.1 Å². The lowest BCUT2D eigenvalue weighted by atomic mass is 10.2. The second-order valence-electron chi connectivity index (χ2n) is 5.03. The topological polar surface area (TPSA) is 67.6 Å². The van der Waals surface area contributed by atoms with E-state index in [1.807, 2.05) is 6.07 Å². The Balaban J connectivity index is 1.68. The fourth-order valence-electron chi connectivity index (χ4n) is 2.29. The standard InChI is InChI=1S/C14H20ClN3O3/c15-13-3-2-12(10-14(13)18(19)20)11-16-4-1-5-17-6-8-21-9-7-17/h2-3,10,16H,1,4-9,11H2. The maximum atomic E-state index is 10.8. The Morgan fingerprint density at radius 1 is 1.38 bits per heavy atom. The minimum Gasteiger partial charge on any atom is -0.379 e. The third-order valence-electron chi connectivity index (χ3n) is 3.47. The predicted octanol–water partition coefficient (Wildman–Crippen LogP) is 2.06.